The van der Waals surface area contributed by atoms with Gasteiger partial charge in [-0.3, -0.25) is 0 Å². The van der Waals surface area contributed by atoms with Crippen LogP contribution in [0.1, 0.15) is 0 Å². The second-order valence-corrected chi connectivity index (χ2v) is 4.00. The van der Waals surface area contributed by atoms with Crippen LogP contribution in [0.25, 0.3) is 11.0 Å². The standard InChI is InChI=1S/C10H10N4S/c1-14-9-8(13-10(14)15)11-6-4-2-3-5-7(6)12-9/h2-5,10,15H,1H3,(H,11,13). The molecule has 0 saturated heterocycles. The zero-order valence-electron chi connectivity index (χ0n) is 8.18. The number of rotatable bonds is 0. The summed E-state index contributed by atoms with van der Waals surface area (Å²) in [5, 5.41) is 3.16. The molecule has 0 amide bonds. The maximum Gasteiger partial charge on any atom is 0.174 e. The van der Waals surface area contributed by atoms with Gasteiger partial charge in [-0.05, 0) is 12.1 Å². The molecule has 0 saturated carbocycles. The summed E-state index contributed by atoms with van der Waals surface area (Å²) in [5.41, 5.74) is 1.77. The van der Waals surface area contributed by atoms with E-state index >= 15 is 0 Å². The van der Waals surface area contributed by atoms with E-state index in [1.54, 1.807) is 0 Å². The van der Waals surface area contributed by atoms with Crippen molar-refractivity contribution >= 4 is 35.3 Å². The summed E-state index contributed by atoms with van der Waals surface area (Å²) in [6.07, 6.45) is 0. The zero-order valence-corrected chi connectivity index (χ0v) is 9.07. The van der Waals surface area contributed by atoms with Crippen molar-refractivity contribution in [3.8, 4) is 0 Å². The van der Waals surface area contributed by atoms with Gasteiger partial charge in [0, 0.05) is 7.05 Å². The number of nitrogens with zero attached hydrogens (tertiary/aromatic N) is 3. The van der Waals surface area contributed by atoms with E-state index in [0.29, 0.717) is 0 Å². The molecule has 3 rings (SSSR count). The van der Waals surface area contributed by atoms with Crippen LogP contribution in [0.15, 0.2) is 24.3 Å². The molecule has 76 valence electrons. The highest BCUT2D eigenvalue weighted by Crippen LogP contribution is 2.32. The Kier molecular flexibility index (Phi) is 1.76. The molecule has 4 nitrogen and oxygen atoms in total. The number of thiol groups is 1. The number of para-hydroxylation sites is 2. The predicted molar refractivity (Wildman–Crippen MR) is 64.3 cm³/mol. The van der Waals surface area contributed by atoms with Gasteiger partial charge in [0.25, 0.3) is 0 Å². The zero-order chi connectivity index (χ0) is 10.4. The van der Waals surface area contributed by atoms with Crippen LogP contribution in [-0.4, -0.2) is 22.5 Å². The van der Waals surface area contributed by atoms with Crippen molar-refractivity contribution in [2.45, 2.75) is 5.50 Å². The van der Waals surface area contributed by atoms with Crippen LogP contribution in [0.2, 0.25) is 0 Å². The number of fused-ring (bicyclic) bond motifs is 2. The molecule has 1 aromatic carbocycles. The lowest BCUT2D eigenvalue weighted by Crippen LogP contribution is -2.26. The molecule has 1 N–H and O–H groups in total. The van der Waals surface area contributed by atoms with Crippen molar-refractivity contribution in [2.24, 2.45) is 0 Å². The van der Waals surface area contributed by atoms with Crippen molar-refractivity contribution in [3.63, 3.8) is 0 Å². The summed E-state index contributed by atoms with van der Waals surface area (Å²) in [7, 11) is 1.94. The highest BCUT2D eigenvalue weighted by molar-refractivity contribution is 7.81. The number of benzene rings is 1. The molecule has 5 heteroatoms. The second-order valence-electron chi connectivity index (χ2n) is 3.51. The Balaban J connectivity index is 2.27. The van der Waals surface area contributed by atoms with Crippen LogP contribution in [-0.2, 0) is 0 Å². The molecule has 2 heterocycles. The van der Waals surface area contributed by atoms with E-state index < -0.39 is 0 Å². The Labute approximate surface area is 92.7 Å². The molecule has 1 aliphatic heterocycles. The van der Waals surface area contributed by atoms with Gasteiger partial charge in [-0.2, -0.15) is 0 Å². The average molecular weight is 218 g/mol. The van der Waals surface area contributed by atoms with E-state index in [4.69, 9.17) is 0 Å². The third kappa shape index (κ3) is 1.23. The first-order valence-corrected chi connectivity index (χ1v) is 5.21. The molecule has 0 radical (unpaired) electrons. The lowest BCUT2D eigenvalue weighted by Gasteiger charge is -2.14. The maximum absolute atomic E-state index is 4.54. The Morgan fingerprint density at radius 3 is 2.67 bits per heavy atom. The monoisotopic (exact) mass is 218 g/mol. The van der Waals surface area contributed by atoms with Crippen LogP contribution in [0.4, 0.5) is 11.6 Å². The smallest absolute Gasteiger partial charge is 0.174 e. The minimum Gasteiger partial charge on any atom is -0.338 e. The van der Waals surface area contributed by atoms with Crippen LogP contribution in [0, 0.1) is 0 Å². The van der Waals surface area contributed by atoms with Crippen molar-refractivity contribution in [3.05, 3.63) is 24.3 Å². The van der Waals surface area contributed by atoms with Gasteiger partial charge >= 0.3 is 0 Å². The van der Waals surface area contributed by atoms with Crippen LogP contribution >= 0.6 is 12.6 Å². The summed E-state index contributed by atoms with van der Waals surface area (Å²) in [5.74, 6) is 1.66. The van der Waals surface area contributed by atoms with E-state index in [2.05, 4.69) is 27.9 Å². The summed E-state index contributed by atoms with van der Waals surface area (Å²) in [4.78, 5) is 11.0. The van der Waals surface area contributed by atoms with Gasteiger partial charge in [0.2, 0.25) is 0 Å². The third-order valence-corrected chi connectivity index (χ3v) is 2.99. The second kappa shape index (κ2) is 3.00. The van der Waals surface area contributed by atoms with Crippen LogP contribution in [0.5, 0.6) is 0 Å². The van der Waals surface area contributed by atoms with Crippen LogP contribution in [0.3, 0.4) is 0 Å². The lowest BCUT2D eigenvalue weighted by molar-refractivity contribution is 0.962. The van der Waals surface area contributed by atoms with Gasteiger partial charge in [0.1, 0.15) is 5.50 Å². The largest absolute Gasteiger partial charge is 0.338 e. The van der Waals surface area contributed by atoms with Gasteiger partial charge < -0.3 is 10.2 Å². The van der Waals surface area contributed by atoms with Gasteiger partial charge in [0.15, 0.2) is 11.6 Å². The molecule has 0 bridgehead atoms. The normalized spacial score (nSPS) is 19.1. The highest BCUT2D eigenvalue weighted by atomic mass is 32.1. The SMILES string of the molecule is CN1c2nc3ccccc3nc2NC1S. The maximum atomic E-state index is 4.54. The fraction of sp³-hybridized carbons (Fsp3) is 0.200. The molecule has 0 fully saturated rings. The fourth-order valence-electron chi connectivity index (χ4n) is 1.67. The molecule has 2 aromatic rings. The summed E-state index contributed by atoms with van der Waals surface area (Å²) in [6, 6.07) is 7.84. The van der Waals surface area contributed by atoms with E-state index in [9.17, 15) is 0 Å². The number of hydrogen-bond acceptors (Lipinski definition) is 5. The summed E-state index contributed by atoms with van der Waals surface area (Å²) < 4.78 is 0. The third-order valence-electron chi connectivity index (χ3n) is 2.52. The molecule has 1 aliphatic rings. The molecule has 1 atom stereocenters. The number of anilines is 2. The lowest BCUT2D eigenvalue weighted by atomic mass is 10.3. The van der Waals surface area contributed by atoms with Crippen molar-refractivity contribution in [2.75, 3.05) is 17.3 Å². The van der Waals surface area contributed by atoms with Crippen molar-refractivity contribution < 1.29 is 0 Å². The summed E-state index contributed by atoms with van der Waals surface area (Å²) >= 11 is 4.37. The highest BCUT2D eigenvalue weighted by Gasteiger charge is 2.25. The van der Waals surface area contributed by atoms with Crippen molar-refractivity contribution in [1.82, 2.24) is 9.97 Å². The van der Waals surface area contributed by atoms with Crippen LogP contribution < -0.4 is 10.2 Å². The Hall–Kier alpha value is -1.49. The average Bonchev–Trinajstić information content (AvgIpc) is 2.52. The van der Waals surface area contributed by atoms with Gasteiger partial charge in [-0.15, -0.1) is 12.6 Å². The van der Waals surface area contributed by atoms with E-state index in [0.717, 1.165) is 22.7 Å². The van der Waals surface area contributed by atoms with Gasteiger partial charge in [-0.1, -0.05) is 12.1 Å². The molecule has 1 unspecified atom stereocenters. The number of nitrogens with one attached hydrogen (secondary N) is 1. The van der Waals surface area contributed by atoms with Gasteiger partial charge in [-0.25, -0.2) is 9.97 Å². The summed E-state index contributed by atoms with van der Waals surface area (Å²) in [6.45, 7) is 0. The first kappa shape index (κ1) is 8.79. The fourth-order valence-corrected chi connectivity index (χ4v) is 1.90. The molecule has 0 aliphatic carbocycles. The van der Waals surface area contributed by atoms with E-state index in [1.807, 2.05) is 36.2 Å². The Morgan fingerprint density at radius 2 is 1.93 bits per heavy atom. The quantitative estimate of drug-likeness (QED) is 0.660. The number of aromatic nitrogens is 2. The first-order chi connectivity index (χ1) is 7.25. The number of hydrogen-bond donors (Lipinski definition) is 2. The Morgan fingerprint density at radius 1 is 1.27 bits per heavy atom. The van der Waals surface area contributed by atoms with E-state index in [1.165, 1.54) is 0 Å². The van der Waals surface area contributed by atoms with Crippen molar-refractivity contribution in [1.29, 1.82) is 0 Å². The Bertz CT molecular complexity index is 528. The molecular weight excluding hydrogens is 208 g/mol. The van der Waals surface area contributed by atoms with E-state index in [-0.39, 0.29) is 5.50 Å². The molecule has 1 aromatic heterocycles. The molecule has 0 spiro atoms. The topological polar surface area (TPSA) is 41.1 Å². The van der Waals surface area contributed by atoms with Gasteiger partial charge in [0.05, 0.1) is 11.0 Å². The minimum atomic E-state index is -0.0446. The molecule has 15 heavy (non-hydrogen) atoms. The predicted octanol–water partition coefficient (Wildman–Crippen LogP) is 1.70. The first-order valence-electron chi connectivity index (χ1n) is 4.70. The molecular formula is C10H10N4S. The minimum absolute atomic E-state index is 0.0446.